The van der Waals surface area contributed by atoms with Crippen molar-refractivity contribution in [1.29, 1.82) is 0 Å². The molecule has 0 aliphatic carbocycles. The number of carbonyl (C=O) groups is 2. The molecule has 0 aliphatic rings. The summed E-state index contributed by atoms with van der Waals surface area (Å²) in [5.74, 6) is 0.151. The van der Waals surface area contributed by atoms with Gasteiger partial charge >= 0.3 is 0 Å². The number of carbonyl (C=O) groups excluding carboxylic acids is 2. The average Bonchev–Trinajstić information content (AvgIpc) is 2.72. The van der Waals surface area contributed by atoms with Gasteiger partial charge < -0.3 is 20.1 Å². The van der Waals surface area contributed by atoms with Gasteiger partial charge in [0.15, 0.2) is 5.11 Å². The molecule has 0 radical (unpaired) electrons. The Bertz CT molecular complexity index is 840. The lowest BCUT2D eigenvalue weighted by Crippen LogP contribution is -2.34. The van der Waals surface area contributed by atoms with E-state index >= 15 is 0 Å². The standard InChI is InChI=1S/C21H25N3O4S/c1-3-11-22-19(25)16-5-4-6-17(14-16)23-21(29)24-20(26)15-7-9-18(10-8-15)28-13-12-27-2/h4-10,14H,3,11-13H2,1-2H3,(H,22,25)(H2,23,24,26,29). The molecule has 0 aliphatic heterocycles. The van der Waals surface area contributed by atoms with E-state index in [0.717, 1.165) is 6.42 Å². The number of thiocarbonyl (C=S) groups is 1. The zero-order valence-corrected chi connectivity index (χ0v) is 17.3. The number of ether oxygens (including phenoxy) is 2. The van der Waals surface area contributed by atoms with Crippen LogP contribution >= 0.6 is 12.2 Å². The van der Waals surface area contributed by atoms with Gasteiger partial charge in [0.05, 0.1) is 6.61 Å². The molecule has 0 heterocycles. The summed E-state index contributed by atoms with van der Waals surface area (Å²) in [7, 11) is 1.60. The molecule has 0 saturated heterocycles. The number of rotatable bonds is 9. The summed E-state index contributed by atoms with van der Waals surface area (Å²) in [5, 5.41) is 8.50. The summed E-state index contributed by atoms with van der Waals surface area (Å²) in [6.45, 7) is 3.53. The number of hydrogen-bond acceptors (Lipinski definition) is 5. The zero-order valence-electron chi connectivity index (χ0n) is 16.5. The molecule has 3 N–H and O–H groups in total. The molecule has 29 heavy (non-hydrogen) atoms. The van der Waals surface area contributed by atoms with Crippen LogP contribution in [-0.4, -0.2) is 43.8 Å². The summed E-state index contributed by atoms with van der Waals surface area (Å²) in [4.78, 5) is 24.4. The lowest BCUT2D eigenvalue weighted by atomic mass is 10.2. The molecule has 2 amide bonds. The van der Waals surface area contributed by atoms with Gasteiger partial charge in [0.25, 0.3) is 11.8 Å². The number of methoxy groups -OCH3 is 1. The van der Waals surface area contributed by atoms with Crippen molar-refractivity contribution in [3.8, 4) is 5.75 Å². The molecule has 154 valence electrons. The third-order valence-electron chi connectivity index (χ3n) is 3.82. The van der Waals surface area contributed by atoms with Crippen LogP contribution in [0.2, 0.25) is 0 Å². The fourth-order valence-corrected chi connectivity index (χ4v) is 2.57. The number of anilines is 1. The Kier molecular flexibility index (Phi) is 9.07. The normalized spacial score (nSPS) is 10.1. The maximum Gasteiger partial charge on any atom is 0.257 e. The Morgan fingerprint density at radius 2 is 1.76 bits per heavy atom. The fourth-order valence-electron chi connectivity index (χ4n) is 2.36. The number of amides is 2. The van der Waals surface area contributed by atoms with Gasteiger partial charge in [-0.15, -0.1) is 0 Å². The molecule has 0 saturated carbocycles. The van der Waals surface area contributed by atoms with E-state index in [4.69, 9.17) is 21.7 Å². The second-order valence-electron chi connectivity index (χ2n) is 6.11. The Hall–Kier alpha value is -2.97. The summed E-state index contributed by atoms with van der Waals surface area (Å²) in [6, 6.07) is 13.6. The largest absolute Gasteiger partial charge is 0.491 e. The number of nitrogens with one attached hydrogen (secondary N) is 3. The van der Waals surface area contributed by atoms with E-state index < -0.39 is 0 Å². The van der Waals surface area contributed by atoms with Crippen LogP contribution in [0.1, 0.15) is 34.1 Å². The number of benzene rings is 2. The molecule has 7 nitrogen and oxygen atoms in total. The number of hydrogen-bond donors (Lipinski definition) is 3. The Labute approximate surface area is 175 Å². The van der Waals surface area contributed by atoms with E-state index in [0.29, 0.717) is 42.3 Å². The van der Waals surface area contributed by atoms with Gasteiger partial charge in [-0.05, 0) is 61.1 Å². The van der Waals surface area contributed by atoms with E-state index in [1.54, 1.807) is 55.6 Å². The zero-order chi connectivity index (χ0) is 21.1. The van der Waals surface area contributed by atoms with E-state index in [-0.39, 0.29) is 16.9 Å². The Morgan fingerprint density at radius 1 is 1.00 bits per heavy atom. The minimum atomic E-state index is -0.345. The van der Waals surface area contributed by atoms with Gasteiger partial charge in [0, 0.05) is 30.5 Å². The molecular weight excluding hydrogens is 390 g/mol. The van der Waals surface area contributed by atoms with E-state index in [1.807, 2.05) is 6.92 Å². The fraction of sp³-hybridized carbons (Fsp3) is 0.286. The maximum absolute atomic E-state index is 12.3. The minimum Gasteiger partial charge on any atom is -0.491 e. The van der Waals surface area contributed by atoms with Gasteiger partial charge in [-0.3, -0.25) is 14.9 Å². The lowest BCUT2D eigenvalue weighted by Gasteiger charge is -2.11. The van der Waals surface area contributed by atoms with Crippen LogP contribution in [0.4, 0.5) is 5.69 Å². The lowest BCUT2D eigenvalue weighted by molar-refractivity contribution is 0.0951. The third kappa shape index (κ3) is 7.52. The molecule has 0 atom stereocenters. The summed E-state index contributed by atoms with van der Waals surface area (Å²) in [5.41, 5.74) is 1.57. The van der Waals surface area contributed by atoms with Gasteiger partial charge in [0.2, 0.25) is 0 Å². The first-order valence-corrected chi connectivity index (χ1v) is 9.66. The van der Waals surface area contributed by atoms with E-state index in [1.165, 1.54) is 0 Å². The van der Waals surface area contributed by atoms with Crippen LogP contribution in [0.25, 0.3) is 0 Å². The van der Waals surface area contributed by atoms with Crippen molar-refractivity contribution in [3.63, 3.8) is 0 Å². The minimum absolute atomic E-state index is 0.140. The first kappa shape index (κ1) is 22.3. The highest BCUT2D eigenvalue weighted by Gasteiger charge is 2.10. The monoisotopic (exact) mass is 415 g/mol. The summed E-state index contributed by atoms with van der Waals surface area (Å²) in [6.07, 6.45) is 0.861. The summed E-state index contributed by atoms with van der Waals surface area (Å²) >= 11 is 5.21. The van der Waals surface area contributed by atoms with Gasteiger partial charge in [-0.25, -0.2) is 0 Å². The molecular formula is C21H25N3O4S. The topological polar surface area (TPSA) is 88.7 Å². The van der Waals surface area contributed by atoms with Crippen molar-refractivity contribution in [2.75, 3.05) is 32.2 Å². The molecule has 0 unspecified atom stereocenters. The molecule has 0 spiro atoms. The van der Waals surface area contributed by atoms with Crippen LogP contribution in [0.5, 0.6) is 5.75 Å². The molecule has 0 aromatic heterocycles. The van der Waals surface area contributed by atoms with Crippen molar-refractivity contribution in [1.82, 2.24) is 10.6 Å². The molecule has 8 heteroatoms. The Balaban J connectivity index is 1.90. The van der Waals surface area contributed by atoms with E-state index in [9.17, 15) is 9.59 Å². The van der Waals surface area contributed by atoms with Gasteiger partial charge in [0.1, 0.15) is 12.4 Å². The highest BCUT2D eigenvalue weighted by Crippen LogP contribution is 2.13. The van der Waals surface area contributed by atoms with Crippen molar-refractivity contribution in [2.45, 2.75) is 13.3 Å². The van der Waals surface area contributed by atoms with E-state index in [2.05, 4.69) is 16.0 Å². The maximum atomic E-state index is 12.3. The third-order valence-corrected chi connectivity index (χ3v) is 4.02. The van der Waals surface area contributed by atoms with Gasteiger partial charge in [-0.1, -0.05) is 13.0 Å². The SMILES string of the molecule is CCCNC(=O)c1cccc(NC(=S)NC(=O)c2ccc(OCCOC)cc2)c1. The summed E-state index contributed by atoms with van der Waals surface area (Å²) < 4.78 is 10.4. The van der Waals surface area contributed by atoms with Crippen LogP contribution < -0.4 is 20.7 Å². The second-order valence-corrected chi connectivity index (χ2v) is 6.52. The molecule has 0 fully saturated rings. The van der Waals surface area contributed by atoms with Crippen LogP contribution in [0.3, 0.4) is 0 Å². The highest BCUT2D eigenvalue weighted by atomic mass is 32.1. The van der Waals surface area contributed by atoms with Crippen molar-refractivity contribution < 1.29 is 19.1 Å². The average molecular weight is 416 g/mol. The molecule has 2 aromatic carbocycles. The second kappa shape index (κ2) is 11.8. The molecule has 2 rings (SSSR count). The first-order valence-electron chi connectivity index (χ1n) is 9.26. The highest BCUT2D eigenvalue weighted by molar-refractivity contribution is 7.80. The van der Waals surface area contributed by atoms with Crippen LogP contribution in [0, 0.1) is 0 Å². The van der Waals surface area contributed by atoms with Crippen molar-refractivity contribution >= 4 is 34.8 Å². The Morgan fingerprint density at radius 3 is 2.45 bits per heavy atom. The predicted molar refractivity (Wildman–Crippen MR) is 117 cm³/mol. The van der Waals surface area contributed by atoms with Crippen molar-refractivity contribution in [3.05, 3.63) is 59.7 Å². The smallest absolute Gasteiger partial charge is 0.257 e. The molecule has 2 aromatic rings. The van der Waals surface area contributed by atoms with Crippen LogP contribution in [0.15, 0.2) is 48.5 Å². The van der Waals surface area contributed by atoms with Crippen molar-refractivity contribution in [2.24, 2.45) is 0 Å². The van der Waals surface area contributed by atoms with Gasteiger partial charge in [-0.2, -0.15) is 0 Å². The van der Waals surface area contributed by atoms with Crippen LogP contribution in [-0.2, 0) is 4.74 Å². The quantitative estimate of drug-likeness (QED) is 0.431. The first-order chi connectivity index (χ1) is 14.0. The molecule has 0 bridgehead atoms. The predicted octanol–water partition coefficient (Wildman–Crippen LogP) is 2.98.